The first-order chi connectivity index (χ1) is 11.2. The first-order valence-corrected chi connectivity index (χ1v) is 7.69. The molecule has 1 aliphatic rings. The number of likely N-dealkylation sites (tertiary alicyclic amines) is 1. The Morgan fingerprint density at radius 1 is 1.04 bits per heavy atom. The molecule has 1 N–H and O–H groups in total. The van der Waals surface area contributed by atoms with Gasteiger partial charge in [0, 0.05) is 30.4 Å². The van der Waals surface area contributed by atoms with Crippen molar-refractivity contribution >= 4 is 16.7 Å². The van der Waals surface area contributed by atoms with Gasteiger partial charge < -0.3 is 9.52 Å². The fourth-order valence-electron chi connectivity index (χ4n) is 3.06. The number of carbonyl (C=O) groups is 1. The molecule has 1 aliphatic heterocycles. The lowest BCUT2D eigenvalue weighted by atomic mass is 9.98. The first kappa shape index (κ1) is 14.0. The van der Waals surface area contributed by atoms with Gasteiger partial charge in [-0.05, 0) is 22.8 Å². The van der Waals surface area contributed by atoms with Gasteiger partial charge in [-0.25, -0.2) is 0 Å². The van der Waals surface area contributed by atoms with Crippen molar-refractivity contribution in [3.8, 4) is 11.1 Å². The summed E-state index contributed by atoms with van der Waals surface area (Å²) < 4.78 is 5.22. The van der Waals surface area contributed by atoms with Gasteiger partial charge in [0.25, 0.3) is 0 Å². The predicted molar refractivity (Wildman–Crippen MR) is 88.1 cm³/mol. The minimum absolute atomic E-state index is 0.198. The smallest absolute Gasteiger partial charge is 0.309 e. The minimum atomic E-state index is -0.689. The van der Waals surface area contributed by atoms with E-state index in [1.807, 2.05) is 0 Å². The zero-order chi connectivity index (χ0) is 15.8. The largest absolute Gasteiger partial charge is 0.481 e. The number of hydrogen-bond acceptors (Lipinski definition) is 3. The zero-order valence-electron chi connectivity index (χ0n) is 12.6. The highest BCUT2D eigenvalue weighted by Gasteiger charge is 2.31. The molecule has 1 aromatic heterocycles. The van der Waals surface area contributed by atoms with Crippen LogP contribution in [0, 0.1) is 5.92 Å². The van der Waals surface area contributed by atoms with E-state index in [-0.39, 0.29) is 5.92 Å². The molecule has 0 unspecified atom stereocenters. The molecule has 0 amide bonds. The van der Waals surface area contributed by atoms with E-state index in [1.54, 1.807) is 12.5 Å². The number of carboxylic acids is 1. The Balaban J connectivity index is 1.46. The number of fused-ring (bicyclic) bond motifs is 1. The van der Waals surface area contributed by atoms with Crippen molar-refractivity contribution in [2.24, 2.45) is 5.92 Å². The third kappa shape index (κ3) is 2.73. The van der Waals surface area contributed by atoms with Crippen LogP contribution in [0.25, 0.3) is 21.9 Å². The van der Waals surface area contributed by atoms with Crippen LogP contribution >= 0.6 is 0 Å². The Bertz CT molecular complexity index is 844. The van der Waals surface area contributed by atoms with Gasteiger partial charge in [0.15, 0.2) is 0 Å². The van der Waals surface area contributed by atoms with Crippen LogP contribution in [0.5, 0.6) is 0 Å². The second kappa shape index (κ2) is 5.56. The lowest BCUT2D eigenvalue weighted by molar-refractivity contribution is -0.147. The van der Waals surface area contributed by atoms with Gasteiger partial charge in [0.2, 0.25) is 0 Å². The molecule has 0 bridgehead atoms. The standard InChI is InChI=1S/C19H17NO3/c21-19(22)18-9-20(10-18)8-13-1-3-14(4-2-13)15-5-6-16-11-23-12-17(16)7-15/h1-7,11-12,18H,8-10H2,(H,21,22). The van der Waals surface area contributed by atoms with E-state index in [0.717, 1.165) is 17.3 Å². The molecule has 23 heavy (non-hydrogen) atoms. The summed E-state index contributed by atoms with van der Waals surface area (Å²) in [5.74, 6) is -0.887. The lowest BCUT2D eigenvalue weighted by Crippen LogP contribution is -2.49. The molecule has 0 spiro atoms. The van der Waals surface area contributed by atoms with Crippen molar-refractivity contribution in [1.29, 1.82) is 0 Å². The van der Waals surface area contributed by atoms with Crippen LogP contribution in [-0.4, -0.2) is 29.1 Å². The molecule has 0 aliphatic carbocycles. The van der Waals surface area contributed by atoms with E-state index in [4.69, 9.17) is 9.52 Å². The maximum atomic E-state index is 10.8. The summed E-state index contributed by atoms with van der Waals surface area (Å²) in [6.45, 7) is 2.10. The van der Waals surface area contributed by atoms with Crippen LogP contribution in [0.2, 0.25) is 0 Å². The molecule has 0 radical (unpaired) electrons. The molecule has 0 atom stereocenters. The fraction of sp³-hybridized carbons (Fsp3) is 0.211. The van der Waals surface area contributed by atoms with Crippen LogP contribution in [0.1, 0.15) is 5.56 Å². The van der Waals surface area contributed by atoms with Gasteiger partial charge in [-0.15, -0.1) is 0 Å². The monoisotopic (exact) mass is 307 g/mol. The maximum absolute atomic E-state index is 10.8. The molecular weight excluding hydrogens is 290 g/mol. The van der Waals surface area contributed by atoms with E-state index in [0.29, 0.717) is 13.1 Å². The Hall–Kier alpha value is -2.59. The highest BCUT2D eigenvalue weighted by atomic mass is 16.4. The quantitative estimate of drug-likeness (QED) is 0.800. The van der Waals surface area contributed by atoms with Gasteiger partial charge in [0.1, 0.15) is 0 Å². The molecule has 4 heteroatoms. The van der Waals surface area contributed by atoms with Crippen molar-refractivity contribution in [2.45, 2.75) is 6.54 Å². The van der Waals surface area contributed by atoms with Crippen LogP contribution in [0.4, 0.5) is 0 Å². The Morgan fingerprint density at radius 2 is 1.74 bits per heavy atom. The van der Waals surface area contributed by atoms with Gasteiger partial charge in [-0.3, -0.25) is 9.69 Å². The summed E-state index contributed by atoms with van der Waals surface area (Å²) in [6.07, 6.45) is 3.51. The van der Waals surface area contributed by atoms with E-state index in [1.165, 1.54) is 16.7 Å². The summed E-state index contributed by atoms with van der Waals surface area (Å²) in [5, 5.41) is 11.1. The second-order valence-corrected chi connectivity index (χ2v) is 6.14. The summed E-state index contributed by atoms with van der Waals surface area (Å²) in [5.41, 5.74) is 3.55. The molecule has 3 aromatic rings. The molecule has 0 saturated carbocycles. The third-order valence-electron chi connectivity index (χ3n) is 4.48. The number of nitrogens with zero attached hydrogens (tertiary/aromatic N) is 1. The predicted octanol–water partition coefficient (Wildman–Crippen LogP) is 3.62. The van der Waals surface area contributed by atoms with Crippen LogP contribution in [0.3, 0.4) is 0 Å². The SMILES string of the molecule is O=C(O)C1CN(Cc2ccc(-c3ccc4cocc4c3)cc2)C1. The highest BCUT2D eigenvalue weighted by molar-refractivity contribution is 5.86. The average Bonchev–Trinajstić information content (AvgIpc) is 2.98. The highest BCUT2D eigenvalue weighted by Crippen LogP contribution is 2.26. The molecular formula is C19H17NO3. The molecule has 116 valence electrons. The molecule has 4 nitrogen and oxygen atoms in total. The van der Waals surface area contributed by atoms with Gasteiger partial charge in [-0.1, -0.05) is 36.4 Å². The van der Waals surface area contributed by atoms with Crippen molar-refractivity contribution in [1.82, 2.24) is 4.90 Å². The van der Waals surface area contributed by atoms with E-state index in [2.05, 4.69) is 47.4 Å². The Morgan fingerprint density at radius 3 is 2.48 bits per heavy atom. The number of aliphatic carboxylic acids is 1. The average molecular weight is 307 g/mol. The number of rotatable bonds is 4. The van der Waals surface area contributed by atoms with E-state index >= 15 is 0 Å². The maximum Gasteiger partial charge on any atom is 0.309 e. The fourth-order valence-corrected chi connectivity index (χ4v) is 3.06. The first-order valence-electron chi connectivity index (χ1n) is 7.69. The van der Waals surface area contributed by atoms with E-state index < -0.39 is 5.97 Å². The summed E-state index contributed by atoms with van der Waals surface area (Å²) in [4.78, 5) is 13.0. The Labute approximate surface area is 133 Å². The Kier molecular flexibility index (Phi) is 3.39. The minimum Gasteiger partial charge on any atom is -0.481 e. The number of carboxylic acid groups (broad SMARTS) is 1. The number of furan rings is 1. The number of hydrogen-bond donors (Lipinski definition) is 1. The third-order valence-corrected chi connectivity index (χ3v) is 4.48. The van der Waals surface area contributed by atoms with Crippen molar-refractivity contribution < 1.29 is 14.3 Å². The van der Waals surface area contributed by atoms with Crippen molar-refractivity contribution in [3.05, 3.63) is 60.6 Å². The van der Waals surface area contributed by atoms with Gasteiger partial charge in [0.05, 0.1) is 18.4 Å². The summed E-state index contributed by atoms with van der Waals surface area (Å²) >= 11 is 0. The van der Waals surface area contributed by atoms with Gasteiger partial charge >= 0.3 is 5.97 Å². The van der Waals surface area contributed by atoms with Crippen LogP contribution in [-0.2, 0) is 11.3 Å². The molecule has 1 saturated heterocycles. The second-order valence-electron chi connectivity index (χ2n) is 6.14. The van der Waals surface area contributed by atoms with E-state index in [9.17, 15) is 4.79 Å². The van der Waals surface area contributed by atoms with Crippen molar-refractivity contribution in [3.63, 3.8) is 0 Å². The van der Waals surface area contributed by atoms with Crippen LogP contribution in [0.15, 0.2) is 59.4 Å². The topological polar surface area (TPSA) is 53.7 Å². The molecule has 1 fully saturated rings. The summed E-state index contributed by atoms with van der Waals surface area (Å²) in [7, 11) is 0. The molecule has 4 rings (SSSR count). The van der Waals surface area contributed by atoms with Crippen molar-refractivity contribution in [2.75, 3.05) is 13.1 Å². The molecule has 2 aromatic carbocycles. The number of benzene rings is 2. The van der Waals surface area contributed by atoms with Crippen LogP contribution < -0.4 is 0 Å². The summed E-state index contributed by atoms with van der Waals surface area (Å²) in [6, 6.07) is 14.7. The molecule has 2 heterocycles. The van der Waals surface area contributed by atoms with Gasteiger partial charge in [-0.2, -0.15) is 0 Å². The zero-order valence-corrected chi connectivity index (χ0v) is 12.6. The normalized spacial score (nSPS) is 15.7. The lowest BCUT2D eigenvalue weighted by Gasteiger charge is -2.36.